The van der Waals surface area contributed by atoms with Crippen LogP contribution in [0.15, 0.2) is 27.6 Å². The molecule has 1 atom stereocenters. The predicted octanol–water partition coefficient (Wildman–Crippen LogP) is 2.08. The molecule has 1 fully saturated rings. The summed E-state index contributed by atoms with van der Waals surface area (Å²) < 4.78 is 32.9. The van der Waals surface area contributed by atoms with E-state index in [1.165, 1.54) is 0 Å². The highest BCUT2D eigenvalue weighted by Crippen LogP contribution is 2.30. The van der Waals surface area contributed by atoms with Crippen molar-refractivity contribution < 1.29 is 13.2 Å². The minimum atomic E-state index is -3.42. The molecule has 0 radical (unpaired) electrons. The number of hydrogen-bond donors (Lipinski definition) is 1. The summed E-state index contributed by atoms with van der Waals surface area (Å²) in [7, 11) is -1.53. The lowest BCUT2D eigenvalue weighted by atomic mass is 10.1. The molecular weight excluding hydrogens is 356 g/mol. The zero-order valence-electron chi connectivity index (χ0n) is 12.3. The Morgan fingerprint density at radius 2 is 2.24 bits per heavy atom. The van der Waals surface area contributed by atoms with Crippen LogP contribution in [0, 0.1) is 5.92 Å². The van der Waals surface area contributed by atoms with E-state index in [1.807, 2.05) is 14.0 Å². The number of nitrogens with one attached hydrogen (secondary N) is 1. The number of sulfonamides is 1. The highest BCUT2D eigenvalue weighted by molar-refractivity contribution is 9.10. The minimum Gasteiger partial charge on any atom is -0.493 e. The lowest BCUT2D eigenvalue weighted by Crippen LogP contribution is -2.30. The molecule has 5 nitrogen and oxygen atoms in total. The lowest BCUT2D eigenvalue weighted by molar-refractivity contribution is 0.338. The average molecular weight is 377 g/mol. The van der Waals surface area contributed by atoms with Gasteiger partial charge < -0.3 is 10.1 Å². The normalized spacial score (nSPS) is 19.9. The topological polar surface area (TPSA) is 58.6 Å². The van der Waals surface area contributed by atoms with Crippen molar-refractivity contribution in [1.82, 2.24) is 9.62 Å². The summed E-state index contributed by atoms with van der Waals surface area (Å²) in [6, 6.07) is 4.92. The van der Waals surface area contributed by atoms with Crippen molar-refractivity contribution in [2.75, 3.05) is 33.3 Å². The van der Waals surface area contributed by atoms with E-state index in [9.17, 15) is 8.42 Å². The fourth-order valence-corrected chi connectivity index (χ4v) is 4.74. The maximum absolute atomic E-state index is 12.6. The number of rotatable bonds is 6. The first-order chi connectivity index (χ1) is 9.98. The van der Waals surface area contributed by atoms with E-state index in [-0.39, 0.29) is 0 Å². The molecule has 0 aliphatic carbocycles. The van der Waals surface area contributed by atoms with Crippen molar-refractivity contribution >= 4 is 26.0 Å². The molecule has 0 bridgehead atoms. The van der Waals surface area contributed by atoms with Crippen molar-refractivity contribution in [3.05, 3.63) is 22.7 Å². The first-order valence-corrected chi connectivity index (χ1v) is 9.29. The SMILES string of the molecule is CCOc1ccc(S(=O)(=O)N2CCC(CNC)C2)cc1Br. The fraction of sp³-hybridized carbons (Fsp3) is 0.571. The van der Waals surface area contributed by atoms with Crippen LogP contribution in [0.3, 0.4) is 0 Å². The van der Waals surface area contributed by atoms with Gasteiger partial charge >= 0.3 is 0 Å². The summed E-state index contributed by atoms with van der Waals surface area (Å²) in [6.07, 6.45) is 0.901. The van der Waals surface area contributed by atoms with Gasteiger partial charge in [-0.1, -0.05) is 0 Å². The molecule has 0 saturated carbocycles. The Hall–Kier alpha value is -0.630. The van der Waals surface area contributed by atoms with E-state index >= 15 is 0 Å². The van der Waals surface area contributed by atoms with Gasteiger partial charge in [0.2, 0.25) is 10.0 Å². The third kappa shape index (κ3) is 3.77. The molecule has 1 aliphatic heterocycles. The monoisotopic (exact) mass is 376 g/mol. The first-order valence-electron chi connectivity index (χ1n) is 7.06. The summed E-state index contributed by atoms with van der Waals surface area (Å²) in [5.74, 6) is 1.04. The van der Waals surface area contributed by atoms with Gasteiger partial charge in [0.1, 0.15) is 5.75 Å². The quantitative estimate of drug-likeness (QED) is 0.825. The second kappa shape index (κ2) is 7.09. The van der Waals surface area contributed by atoms with Crippen LogP contribution in [0.25, 0.3) is 0 Å². The van der Waals surface area contributed by atoms with Crippen LogP contribution in [-0.2, 0) is 10.0 Å². The van der Waals surface area contributed by atoms with E-state index < -0.39 is 10.0 Å². The van der Waals surface area contributed by atoms with Gasteiger partial charge in [0, 0.05) is 13.1 Å². The van der Waals surface area contributed by atoms with E-state index in [1.54, 1.807) is 22.5 Å². The summed E-state index contributed by atoms with van der Waals surface area (Å²) in [6.45, 7) is 4.44. The summed E-state index contributed by atoms with van der Waals surface area (Å²) in [4.78, 5) is 0.308. The minimum absolute atomic E-state index is 0.308. The zero-order valence-corrected chi connectivity index (χ0v) is 14.7. The summed E-state index contributed by atoms with van der Waals surface area (Å²) in [5, 5.41) is 3.11. The molecule has 1 aliphatic rings. The van der Waals surface area contributed by atoms with Crippen LogP contribution in [0.5, 0.6) is 5.75 Å². The van der Waals surface area contributed by atoms with Crippen molar-refractivity contribution in [2.45, 2.75) is 18.2 Å². The second-order valence-electron chi connectivity index (χ2n) is 5.10. The molecule has 1 heterocycles. The van der Waals surface area contributed by atoms with Gasteiger partial charge in [0.15, 0.2) is 0 Å². The van der Waals surface area contributed by atoms with Crippen LogP contribution in [0.2, 0.25) is 0 Å². The van der Waals surface area contributed by atoms with E-state index in [0.717, 1.165) is 13.0 Å². The molecule has 1 unspecified atom stereocenters. The predicted molar refractivity (Wildman–Crippen MR) is 86.1 cm³/mol. The lowest BCUT2D eigenvalue weighted by Gasteiger charge is -2.17. The molecule has 2 rings (SSSR count). The Morgan fingerprint density at radius 3 is 2.86 bits per heavy atom. The molecule has 7 heteroatoms. The number of benzene rings is 1. The first kappa shape index (κ1) is 16.7. The molecule has 0 aromatic heterocycles. The smallest absolute Gasteiger partial charge is 0.243 e. The molecule has 1 N–H and O–H groups in total. The molecular formula is C14H21BrN2O3S. The van der Waals surface area contributed by atoms with Gasteiger partial charge in [-0.15, -0.1) is 0 Å². The Bertz CT molecular complexity index is 592. The molecule has 1 aromatic rings. The van der Waals surface area contributed by atoms with E-state index in [2.05, 4.69) is 21.2 Å². The molecule has 1 aromatic carbocycles. The summed E-state index contributed by atoms with van der Waals surface area (Å²) in [5.41, 5.74) is 0. The van der Waals surface area contributed by atoms with E-state index in [0.29, 0.717) is 40.7 Å². The van der Waals surface area contributed by atoms with Crippen LogP contribution in [-0.4, -0.2) is 46.0 Å². The fourth-order valence-electron chi connectivity index (χ4n) is 2.53. The Labute approximate surface area is 134 Å². The van der Waals surface area contributed by atoms with Gasteiger partial charge in [0.25, 0.3) is 0 Å². The molecule has 0 amide bonds. The Morgan fingerprint density at radius 1 is 1.48 bits per heavy atom. The van der Waals surface area contributed by atoms with Crippen molar-refractivity contribution in [2.24, 2.45) is 5.92 Å². The standard InChI is InChI=1S/C14H21BrN2O3S/c1-3-20-14-5-4-12(8-13(14)15)21(18,19)17-7-6-11(10-17)9-16-2/h4-5,8,11,16H,3,6-7,9-10H2,1-2H3. The second-order valence-corrected chi connectivity index (χ2v) is 7.89. The molecule has 118 valence electrons. The molecule has 1 saturated heterocycles. The highest BCUT2D eigenvalue weighted by atomic mass is 79.9. The number of ether oxygens (including phenoxy) is 1. The zero-order chi connectivity index (χ0) is 15.5. The number of hydrogen-bond acceptors (Lipinski definition) is 4. The van der Waals surface area contributed by atoms with Crippen molar-refractivity contribution in [3.8, 4) is 5.75 Å². The van der Waals surface area contributed by atoms with Gasteiger partial charge in [0.05, 0.1) is 16.0 Å². The maximum Gasteiger partial charge on any atom is 0.243 e. The third-order valence-electron chi connectivity index (χ3n) is 3.58. The van der Waals surface area contributed by atoms with Gasteiger partial charge in [-0.3, -0.25) is 0 Å². The van der Waals surface area contributed by atoms with Gasteiger partial charge in [-0.05, 0) is 67.0 Å². The van der Waals surface area contributed by atoms with Crippen LogP contribution < -0.4 is 10.1 Å². The van der Waals surface area contributed by atoms with Crippen LogP contribution in [0.4, 0.5) is 0 Å². The van der Waals surface area contributed by atoms with Crippen LogP contribution in [0.1, 0.15) is 13.3 Å². The average Bonchev–Trinajstić information content (AvgIpc) is 2.91. The third-order valence-corrected chi connectivity index (χ3v) is 6.06. The van der Waals surface area contributed by atoms with Crippen molar-refractivity contribution in [1.29, 1.82) is 0 Å². The summed E-state index contributed by atoms with van der Waals surface area (Å²) >= 11 is 3.37. The molecule has 21 heavy (non-hydrogen) atoms. The number of halogens is 1. The highest BCUT2D eigenvalue weighted by Gasteiger charge is 2.32. The van der Waals surface area contributed by atoms with E-state index in [4.69, 9.17) is 4.74 Å². The van der Waals surface area contributed by atoms with Crippen molar-refractivity contribution in [3.63, 3.8) is 0 Å². The maximum atomic E-state index is 12.6. The largest absolute Gasteiger partial charge is 0.493 e. The Balaban J connectivity index is 2.18. The van der Waals surface area contributed by atoms with Gasteiger partial charge in [-0.25, -0.2) is 8.42 Å². The Kier molecular flexibility index (Phi) is 5.65. The van der Waals surface area contributed by atoms with Gasteiger partial charge in [-0.2, -0.15) is 4.31 Å². The van der Waals surface area contributed by atoms with Crippen LogP contribution >= 0.6 is 15.9 Å². The molecule has 0 spiro atoms. The number of nitrogens with zero attached hydrogens (tertiary/aromatic N) is 1.